The third kappa shape index (κ3) is 3.48. The van der Waals surface area contributed by atoms with Gasteiger partial charge in [-0.25, -0.2) is 0 Å². The van der Waals surface area contributed by atoms with E-state index in [-0.39, 0.29) is 0 Å². The summed E-state index contributed by atoms with van der Waals surface area (Å²) in [4.78, 5) is 2.38. The van der Waals surface area contributed by atoms with Crippen LogP contribution in [-0.4, -0.2) is 37.1 Å². The number of rotatable bonds is 4. The van der Waals surface area contributed by atoms with Gasteiger partial charge in [0, 0.05) is 18.1 Å². The van der Waals surface area contributed by atoms with Crippen LogP contribution in [0.1, 0.15) is 39.0 Å². The predicted octanol–water partition coefficient (Wildman–Crippen LogP) is 1.75. The third-order valence-corrected chi connectivity index (χ3v) is 3.76. The van der Waals surface area contributed by atoms with E-state index in [1.807, 2.05) is 7.05 Å². The number of nitrogens with zero attached hydrogens (tertiary/aromatic N) is 2. The molecular weight excluding hydrogens is 186 g/mol. The van der Waals surface area contributed by atoms with Gasteiger partial charge in [0.2, 0.25) is 0 Å². The van der Waals surface area contributed by atoms with E-state index in [9.17, 15) is 0 Å². The summed E-state index contributed by atoms with van der Waals surface area (Å²) in [6.45, 7) is 2.15. The lowest BCUT2D eigenvalue weighted by atomic mass is 9.90. The summed E-state index contributed by atoms with van der Waals surface area (Å²) >= 11 is 0. The molecule has 1 rings (SSSR count). The molecule has 1 saturated carbocycles. The average molecular weight is 209 g/mol. The summed E-state index contributed by atoms with van der Waals surface area (Å²) in [5.74, 6) is 0. The molecule has 0 amide bonds. The molecule has 0 bridgehead atoms. The zero-order chi connectivity index (χ0) is 11.3. The van der Waals surface area contributed by atoms with E-state index in [1.165, 1.54) is 25.7 Å². The van der Waals surface area contributed by atoms with Gasteiger partial charge in [-0.2, -0.15) is 5.26 Å². The van der Waals surface area contributed by atoms with E-state index in [1.54, 1.807) is 0 Å². The molecule has 1 N–H and O–H groups in total. The topological polar surface area (TPSA) is 39.1 Å². The molecule has 0 heterocycles. The van der Waals surface area contributed by atoms with Crippen molar-refractivity contribution in [3.63, 3.8) is 0 Å². The van der Waals surface area contributed by atoms with Gasteiger partial charge < -0.3 is 5.32 Å². The fraction of sp³-hybridized carbons (Fsp3) is 0.917. The highest BCUT2D eigenvalue weighted by atomic mass is 15.2. The summed E-state index contributed by atoms with van der Waals surface area (Å²) in [5, 5.41) is 12.0. The minimum Gasteiger partial charge on any atom is -0.317 e. The predicted molar refractivity (Wildman–Crippen MR) is 62.6 cm³/mol. The lowest BCUT2D eigenvalue weighted by Crippen LogP contribution is -2.43. The Balaban J connectivity index is 2.36. The second kappa shape index (κ2) is 6.09. The highest BCUT2D eigenvalue weighted by molar-refractivity contribution is 4.86. The van der Waals surface area contributed by atoms with E-state index in [0.29, 0.717) is 24.5 Å². The van der Waals surface area contributed by atoms with Crippen LogP contribution >= 0.6 is 0 Å². The first-order valence-corrected chi connectivity index (χ1v) is 5.95. The smallest absolute Gasteiger partial charge is 0.0638 e. The first kappa shape index (κ1) is 12.5. The van der Waals surface area contributed by atoms with E-state index in [4.69, 9.17) is 5.26 Å². The van der Waals surface area contributed by atoms with Crippen molar-refractivity contribution in [3.05, 3.63) is 0 Å². The van der Waals surface area contributed by atoms with Crippen LogP contribution in [0.2, 0.25) is 0 Å². The van der Waals surface area contributed by atoms with Gasteiger partial charge in [0.15, 0.2) is 0 Å². The molecule has 0 spiro atoms. The first-order valence-electron chi connectivity index (χ1n) is 5.95. The molecule has 1 fully saturated rings. The second-order valence-corrected chi connectivity index (χ2v) is 4.67. The van der Waals surface area contributed by atoms with E-state index >= 15 is 0 Å². The SMILES string of the molecule is CNC1CCC(N(C)C(C)CC#N)CC1. The number of nitrogens with one attached hydrogen (secondary N) is 1. The quantitative estimate of drug-likeness (QED) is 0.766. The number of hydrogen-bond donors (Lipinski definition) is 1. The summed E-state index contributed by atoms with van der Waals surface area (Å²) in [6, 6.07) is 4.04. The maximum atomic E-state index is 8.68. The molecule has 0 aromatic heterocycles. The minimum atomic E-state index is 0.395. The Kier molecular flexibility index (Phi) is 5.07. The third-order valence-electron chi connectivity index (χ3n) is 3.76. The van der Waals surface area contributed by atoms with Gasteiger partial charge in [-0.15, -0.1) is 0 Å². The molecule has 1 atom stereocenters. The second-order valence-electron chi connectivity index (χ2n) is 4.67. The lowest BCUT2D eigenvalue weighted by Gasteiger charge is -2.37. The molecular formula is C12H23N3. The van der Waals surface area contributed by atoms with Crippen molar-refractivity contribution < 1.29 is 0 Å². The Morgan fingerprint density at radius 2 is 2.00 bits per heavy atom. The normalized spacial score (nSPS) is 28.7. The van der Waals surface area contributed by atoms with Crippen molar-refractivity contribution in [1.29, 1.82) is 5.26 Å². The maximum Gasteiger partial charge on any atom is 0.0638 e. The van der Waals surface area contributed by atoms with Crippen LogP contribution in [0.15, 0.2) is 0 Å². The van der Waals surface area contributed by atoms with Crippen LogP contribution < -0.4 is 5.32 Å². The first-order chi connectivity index (χ1) is 7.19. The molecule has 86 valence electrons. The molecule has 0 aromatic rings. The molecule has 15 heavy (non-hydrogen) atoms. The van der Waals surface area contributed by atoms with Crippen LogP contribution in [0, 0.1) is 11.3 Å². The maximum absolute atomic E-state index is 8.68. The largest absolute Gasteiger partial charge is 0.317 e. The molecule has 0 saturated heterocycles. The Bertz CT molecular complexity index is 213. The Hall–Kier alpha value is -0.590. The van der Waals surface area contributed by atoms with Crippen LogP contribution in [0.5, 0.6) is 0 Å². The summed E-state index contributed by atoms with van der Waals surface area (Å²) in [7, 11) is 4.21. The minimum absolute atomic E-state index is 0.395. The van der Waals surface area contributed by atoms with Gasteiger partial charge in [-0.05, 0) is 46.7 Å². The fourth-order valence-corrected chi connectivity index (χ4v) is 2.41. The molecule has 1 aliphatic rings. The van der Waals surface area contributed by atoms with Gasteiger partial charge in [0.05, 0.1) is 12.5 Å². The lowest BCUT2D eigenvalue weighted by molar-refractivity contribution is 0.137. The van der Waals surface area contributed by atoms with Crippen molar-refractivity contribution in [1.82, 2.24) is 10.2 Å². The highest BCUT2D eigenvalue weighted by Gasteiger charge is 2.25. The molecule has 3 nitrogen and oxygen atoms in total. The molecule has 0 radical (unpaired) electrons. The van der Waals surface area contributed by atoms with Crippen LogP contribution in [-0.2, 0) is 0 Å². The van der Waals surface area contributed by atoms with Crippen molar-refractivity contribution >= 4 is 0 Å². The summed E-state index contributed by atoms with van der Waals surface area (Å²) in [5.41, 5.74) is 0. The van der Waals surface area contributed by atoms with E-state index in [0.717, 1.165) is 0 Å². The van der Waals surface area contributed by atoms with Crippen molar-refractivity contribution in [2.75, 3.05) is 14.1 Å². The van der Waals surface area contributed by atoms with E-state index in [2.05, 4.69) is 30.3 Å². The van der Waals surface area contributed by atoms with Gasteiger partial charge in [-0.3, -0.25) is 4.90 Å². The fourth-order valence-electron chi connectivity index (χ4n) is 2.41. The average Bonchev–Trinajstić information content (AvgIpc) is 2.28. The van der Waals surface area contributed by atoms with Gasteiger partial charge in [0.25, 0.3) is 0 Å². The van der Waals surface area contributed by atoms with Gasteiger partial charge >= 0.3 is 0 Å². The summed E-state index contributed by atoms with van der Waals surface area (Å²) in [6.07, 6.45) is 5.70. The molecule has 0 aliphatic heterocycles. The highest BCUT2D eigenvalue weighted by Crippen LogP contribution is 2.23. The van der Waals surface area contributed by atoms with Gasteiger partial charge in [-0.1, -0.05) is 0 Å². The Morgan fingerprint density at radius 3 is 2.47 bits per heavy atom. The zero-order valence-corrected chi connectivity index (χ0v) is 10.2. The van der Waals surface area contributed by atoms with Crippen LogP contribution in [0.25, 0.3) is 0 Å². The Morgan fingerprint density at radius 1 is 1.40 bits per heavy atom. The van der Waals surface area contributed by atoms with E-state index < -0.39 is 0 Å². The van der Waals surface area contributed by atoms with Crippen molar-refractivity contribution in [2.45, 2.75) is 57.2 Å². The van der Waals surface area contributed by atoms with Crippen LogP contribution in [0.3, 0.4) is 0 Å². The molecule has 1 unspecified atom stereocenters. The Labute approximate surface area is 93.5 Å². The van der Waals surface area contributed by atoms with Crippen molar-refractivity contribution in [2.24, 2.45) is 0 Å². The van der Waals surface area contributed by atoms with Gasteiger partial charge in [0.1, 0.15) is 0 Å². The molecule has 0 aromatic carbocycles. The number of hydrogen-bond acceptors (Lipinski definition) is 3. The summed E-state index contributed by atoms with van der Waals surface area (Å²) < 4.78 is 0. The zero-order valence-electron chi connectivity index (χ0n) is 10.2. The monoisotopic (exact) mass is 209 g/mol. The molecule has 3 heteroatoms. The molecule has 1 aliphatic carbocycles. The number of nitriles is 1. The standard InChI is InChI=1S/C12H23N3/c1-10(8-9-13)15(3)12-6-4-11(14-2)5-7-12/h10-12,14H,4-8H2,1-3H3. The van der Waals surface area contributed by atoms with Crippen molar-refractivity contribution in [3.8, 4) is 6.07 Å². The van der Waals surface area contributed by atoms with Crippen LogP contribution in [0.4, 0.5) is 0 Å².